The Hall–Kier alpha value is -1.33. The van der Waals surface area contributed by atoms with Crippen LogP contribution in [0.15, 0.2) is 0 Å². The van der Waals surface area contributed by atoms with Crippen molar-refractivity contribution in [3.63, 3.8) is 0 Å². The van der Waals surface area contributed by atoms with Gasteiger partial charge < -0.3 is 24.8 Å². The third kappa shape index (κ3) is 38.8. The van der Waals surface area contributed by atoms with Gasteiger partial charge in [-0.15, -0.1) is 0 Å². The van der Waals surface area contributed by atoms with Gasteiger partial charge in [0.25, 0.3) is 0 Å². The van der Waals surface area contributed by atoms with Crippen molar-refractivity contribution in [1.82, 2.24) is 0 Å². The monoisotopic (exact) mass is 652 g/mol. The first-order valence-electron chi connectivity index (χ1n) is 17.1. The van der Waals surface area contributed by atoms with Crippen molar-refractivity contribution in [1.29, 1.82) is 0 Å². The number of hydrogen-bond donors (Lipinski definition) is 2. The Morgan fingerprint density at radius 1 is 0.578 bits per heavy atom. The number of ether oxygens (including phenoxy) is 2. The zero-order chi connectivity index (χ0) is 33.6. The summed E-state index contributed by atoms with van der Waals surface area (Å²) >= 11 is 0. The van der Waals surface area contributed by atoms with Crippen molar-refractivity contribution in [2.75, 3.05) is 27.7 Å². The SMILES string of the molecule is CCCCCCCCCCCC(=O)OC(=O)CCC(N)C(=O)OC(=O)CCCCCCCCCCC.C[N+](C)(C)CC(=O)O.[Na+]. The first-order chi connectivity index (χ1) is 20.8. The molecule has 0 heterocycles. The Morgan fingerprint density at radius 2 is 0.911 bits per heavy atom. The minimum atomic E-state index is -1.10. The quantitative estimate of drug-likeness (QED) is 0.0467. The molecule has 0 saturated carbocycles. The summed E-state index contributed by atoms with van der Waals surface area (Å²) in [5.41, 5.74) is 5.73. The molecular formula is C34H65N2NaO8+2. The third-order valence-corrected chi connectivity index (χ3v) is 6.98. The summed E-state index contributed by atoms with van der Waals surface area (Å²) in [4.78, 5) is 57.4. The van der Waals surface area contributed by atoms with E-state index >= 15 is 0 Å². The summed E-state index contributed by atoms with van der Waals surface area (Å²) in [5.74, 6) is -3.44. The molecule has 0 aliphatic carbocycles. The van der Waals surface area contributed by atoms with Gasteiger partial charge in [-0.3, -0.25) is 14.4 Å². The van der Waals surface area contributed by atoms with Gasteiger partial charge in [0.05, 0.1) is 21.1 Å². The molecule has 0 aliphatic heterocycles. The molecule has 3 N–H and O–H groups in total. The van der Waals surface area contributed by atoms with Crippen LogP contribution < -0.4 is 35.3 Å². The number of nitrogens with zero attached hydrogens (tertiary/aromatic N) is 1. The predicted molar refractivity (Wildman–Crippen MR) is 174 cm³/mol. The largest absolute Gasteiger partial charge is 1.00 e. The van der Waals surface area contributed by atoms with Crippen molar-refractivity contribution < 1.29 is 72.6 Å². The Balaban J connectivity index is -0.00000171. The minimum Gasteiger partial charge on any atom is -0.477 e. The number of carbonyl (C=O) groups is 5. The topological polar surface area (TPSA) is 150 Å². The maximum Gasteiger partial charge on any atom is 1.00 e. The molecular weight excluding hydrogens is 587 g/mol. The van der Waals surface area contributed by atoms with Crippen molar-refractivity contribution >= 4 is 29.8 Å². The van der Waals surface area contributed by atoms with Crippen LogP contribution >= 0.6 is 0 Å². The van der Waals surface area contributed by atoms with Crippen LogP contribution in [0.25, 0.3) is 0 Å². The number of esters is 4. The van der Waals surface area contributed by atoms with Crippen LogP contribution in [0.3, 0.4) is 0 Å². The molecule has 1 atom stereocenters. The number of nitrogens with two attached hydrogens (primary N) is 1. The summed E-state index contributed by atoms with van der Waals surface area (Å²) in [6.07, 6.45) is 20.6. The van der Waals surface area contributed by atoms with Gasteiger partial charge >= 0.3 is 59.4 Å². The number of likely N-dealkylation sites (N-methyl/N-ethyl adjacent to an activating group) is 1. The third-order valence-electron chi connectivity index (χ3n) is 6.98. The summed E-state index contributed by atoms with van der Waals surface area (Å²) < 4.78 is 10.1. The molecule has 11 heteroatoms. The Labute approximate surface area is 295 Å². The van der Waals surface area contributed by atoms with Gasteiger partial charge in [0.2, 0.25) is 0 Å². The van der Waals surface area contributed by atoms with Crippen molar-refractivity contribution in [2.24, 2.45) is 5.73 Å². The number of hydrogen-bond acceptors (Lipinski definition) is 8. The van der Waals surface area contributed by atoms with Crippen molar-refractivity contribution in [3.05, 3.63) is 0 Å². The maximum atomic E-state index is 12.0. The zero-order valence-electron chi connectivity index (χ0n) is 29.7. The standard InChI is InChI=1S/C29H53NO6.C5H11NO2.Na/c1-3-5-7-9-11-13-15-17-19-21-26(31)35-28(33)24-23-25(30)29(34)36-27(32)22-20-18-16-14-12-10-8-6-4-2;1-6(2,3)4-5(7)8;/h25H,3-24,30H2,1-2H3;4H2,1-3H3;/q;;+1/p+1. The van der Waals surface area contributed by atoms with Gasteiger partial charge in [-0.1, -0.05) is 117 Å². The van der Waals surface area contributed by atoms with E-state index in [2.05, 4.69) is 13.8 Å². The molecule has 258 valence electrons. The van der Waals surface area contributed by atoms with E-state index < -0.39 is 35.9 Å². The van der Waals surface area contributed by atoms with E-state index in [-0.39, 0.29) is 61.8 Å². The summed E-state index contributed by atoms with van der Waals surface area (Å²) in [5, 5.41) is 8.23. The second kappa shape index (κ2) is 32.6. The molecule has 0 fully saturated rings. The summed E-state index contributed by atoms with van der Waals surface area (Å²) in [6, 6.07) is -1.10. The number of carboxylic acid groups (broad SMARTS) is 1. The van der Waals surface area contributed by atoms with Crippen LogP contribution in [0, 0.1) is 0 Å². The average Bonchev–Trinajstić information content (AvgIpc) is 2.93. The fourth-order valence-electron chi connectivity index (χ4n) is 4.42. The van der Waals surface area contributed by atoms with Crippen molar-refractivity contribution in [3.8, 4) is 0 Å². The predicted octanol–water partition coefficient (Wildman–Crippen LogP) is 3.86. The van der Waals surface area contributed by atoms with Crippen molar-refractivity contribution in [2.45, 2.75) is 161 Å². The molecule has 0 radical (unpaired) electrons. The Kier molecular flexibility index (Phi) is 34.8. The number of unbranched alkanes of at least 4 members (excludes halogenated alkanes) is 16. The summed E-state index contributed by atoms with van der Waals surface area (Å²) in [6.45, 7) is 4.59. The number of aliphatic carboxylic acids is 1. The number of quaternary nitrogens is 1. The van der Waals surface area contributed by atoms with Gasteiger partial charge in [-0.2, -0.15) is 0 Å². The van der Waals surface area contributed by atoms with Gasteiger partial charge in [0.1, 0.15) is 6.04 Å². The van der Waals surface area contributed by atoms with Crippen LogP contribution in [0.2, 0.25) is 0 Å². The van der Waals surface area contributed by atoms with Gasteiger partial charge in [-0.05, 0) is 19.3 Å². The van der Waals surface area contributed by atoms with E-state index in [0.29, 0.717) is 17.3 Å². The normalized spacial score (nSPS) is 11.4. The molecule has 0 aromatic heterocycles. The van der Waals surface area contributed by atoms with Crippen LogP contribution in [0.5, 0.6) is 0 Å². The molecule has 0 rings (SSSR count). The number of carbonyl (C=O) groups excluding carboxylic acids is 4. The average molecular weight is 653 g/mol. The molecule has 0 spiro atoms. The molecule has 0 aromatic carbocycles. The second-order valence-electron chi connectivity index (χ2n) is 12.8. The van der Waals surface area contributed by atoms with Gasteiger partial charge in [-0.25, -0.2) is 9.59 Å². The minimum absolute atomic E-state index is 0. The van der Waals surface area contributed by atoms with E-state index in [0.717, 1.165) is 25.7 Å². The molecule has 0 aliphatic rings. The number of rotatable bonds is 26. The van der Waals surface area contributed by atoms with E-state index in [1.807, 2.05) is 21.1 Å². The fourth-order valence-corrected chi connectivity index (χ4v) is 4.42. The first kappa shape index (κ1) is 48.1. The van der Waals surface area contributed by atoms with Crippen LogP contribution in [0.1, 0.15) is 155 Å². The second-order valence-corrected chi connectivity index (χ2v) is 12.8. The first-order valence-corrected chi connectivity index (χ1v) is 17.1. The smallest absolute Gasteiger partial charge is 0.477 e. The van der Waals surface area contributed by atoms with E-state index in [1.54, 1.807) is 0 Å². The zero-order valence-corrected chi connectivity index (χ0v) is 31.7. The Morgan fingerprint density at radius 3 is 1.24 bits per heavy atom. The van der Waals surface area contributed by atoms with E-state index in [1.165, 1.54) is 77.0 Å². The molecule has 10 nitrogen and oxygen atoms in total. The molecule has 0 bridgehead atoms. The molecule has 0 saturated heterocycles. The molecule has 0 aromatic rings. The Bertz CT molecular complexity index is 787. The van der Waals surface area contributed by atoms with Gasteiger partial charge in [0, 0.05) is 19.3 Å². The van der Waals surface area contributed by atoms with E-state index in [4.69, 9.17) is 20.3 Å². The van der Waals surface area contributed by atoms with E-state index in [9.17, 15) is 24.0 Å². The van der Waals surface area contributed by atoms with Crippen LogP contribution in [-0.2, 0) is 33.4 Å². The molecule has 0 amide bonds. The van der Waals surface area contributed by atoms with Gasteiger partial charge in [0.15, 0.2) is 6.54 Å². The van der Waals surface area contributed by atoms with Crippen LogP contribution in [-0.4, -0.2) is 73.2 Å². The number of carboxylic acids is 1. The maximum absolute atomic E-state index is 12.0. The molecule has 1 unspecified atom stereocenters. The molecule has 45 heavy (non-hydrogen) atoms. The fraction of sp³-hybridized carbons (Fsp3) is 0.853. The summed E-state index contributed by atoms with van der Waals surface area (Å²) in [7, 11) is 5.52. The van der Waals surface area contributed by atoms with Crippen LogP contribution in [0.4, 0.5) is 0 Å².